The van der Waals surface area contributed by atoms with Crippen LogP contribution in [-0.4, -0.2) is 15.0 Å². The lowest BCUT2D eigenvalue weighted by Gasteiger charge is -1.86. The summed E-state index contributed by atoms with van der Waals surface area (Å²) < 4.78 is 0. The predicted molar refractivity (Wildman–Crippen MR) is 69.1 cm³/mol. The molecule has 0 saturated heterocycles. The van der Waals surface area contributed by atoms with Crippen molar-refractivity contribution >= 4 is 11.0 Å². The summed E-state index contributed by atoms with van der Waals surface area (Å²) in [5.41, 5.74) is 2.13. The number of aromatic nitrogens is 3. The Morgan fingerprint density at radius 3 is 2.94 bits per heavy atom. The summed E-state index contributed by atoms with van der Waals surface area (Å²) in [5, 5.41) is 1.02. The maximum atomic E-state index is 11.1. The Hall–Kier alpha value is -2.80. The van der Waals surface area contributed by atoms with Crippen LogP contribution >= 0.6 is 0 Å². The van der Waals surface area contributed by atoms with Gasteiger partial charge in [-0.3, -0.25) is 4.79 Å². The molecule has 4 heteroatoms. The zero-order valence-corrected chi connectivity index (χ0v) is 9.40. The predicted octanol–water partition coefficient (Wildman–Crippen LogP) is 1.65. The third kappa shape index (κ3) is 2.02. The number of hydrogen-bond donors (Lipinski definition) is 2. The average molecular weight is 235 g/mol. The highest BCUT2D eigenvalue weighted by molar-refractivity contribution is 5.77. The Morgan fingerprint density at radius 2 is 2.11 bits per heavy atom. The zero-order chi connectivity index (χ0) is 12.4. The Bertz CT molecular complexity index is 785. The molecule has 0 aliphatic carbocycles. The second-order valence-electron chi connectivity index (χ2n) is 3.82. The Morgan fingerprint density at radius 1 is 1.17 bits per heavy atom. The van der Waals surface area contributed by atoms with Gasteiger partial charge < -0.3 is 9.97 Å². The minimum Gasteiger partial charge on any atom is -0.333 e. The van der Waals surface area contributed by atoms with E-state index in [0.717, 1.165) is 16.7 Å². The first-order valence-electron chi connectivity index (χ1n) is 5.46. The van der Waals surface area contributed by atoms with E-state index >= 15 is 0 Å². The number of nitrogens with one attached hydrogen (secondary N) is 2. The van der Waals surface area contributed by atoms with Gasteiger partial charge in [0, 0.05) is 29.4 Å². The molecule has 0 radical (unpaired) electrons. The molecule has 0 aromatic carbocycles. The molecule has 0 fully saturated rings. The molecule has 3 aromatic heterocycles. The van der Waals surface area contributed by atoms with Crippen molar-refractivity contribution in [2.75, 3.05) is 0 Å². The van der Waals surface area contributed by atoms with Crippen molar-refractivity contribution in [1.29, 1.82) is 0 Å². The molecule has 0 aliphatic heterocycles. The van der Waals surface area contributed by atoms with Crippen LogP contribution in [0, 0.1) is 11.8 Å². The summed E-state index contributed by atoms with van der Waals surface area (Å²) in [6.07, 6.45) is 3.31. The van der Waals surface area contributed by atoms with Gasteiger partial charge in [0.1, 0.15) is 5.65 Å². The van der Waals surface area contributed by atoms with Gasteiger partial charge in [0.25, 0.3) is 0 Å². The van der Waals surface area contributed by atoms with Crippen molar-refractivity contribution in [3.8, 4) is 11.8 Å². The molecule has 4 nitrogen and oxygen atoms in total. The number of aromatic amines is 2. The third-order valence-electron chi connectivity index (χ3n) is 2.51. The number of fused-ring (bicyclic) bond motifs is 1. The van der Waals surface area contributed by atoms with Gasteiger partial charge in [-0.2, -0.15) is 0 Å². The molecule has 3 heterocycles. The van der Waals surface area contributed by atoms with E-state index in [1.54, 1.807) is 18.5 Å². The summed E-state index contributed by atoms with van der Waals surface area (Å²) in [4.78, 5) is 21.0. The fraction of sp³-hybridized carbons (Fsp3) is 0. The maximum Gasteiger partial charge on any atom is 0.249 e. The standard InChI is InChI=1S/C14H9N3O/c18-13-8-10(5-7-15-13)3-4-12-9-11-2-1-6-16-14(11)17-12/h1-2,5-9H,(H,15,18)(H,16,17). The van der Waals surface area contributed by atoms with E-state index in [4.69, 9.17) is 0 Å². The Kier molecular flexibility index (Phi) is 2.43. The molecule has 3 rings (SSSR count). The molecule has 0 unspecified atom stereocenters. The summed E-state index contributed by atoms with van der Waals surface area (Å²) >= 11 is 0. The first kappa shape index (κ1) is 10.4. The molecule has 0 aliphatic rings. The second kappa shape index (κ2) is 4.22. The van der Waals surface area contributed by atoms with Crippen LogP contribution < -0.4 is 5.56 Å². The molecule has 3 aromatic rings. The van der Waals surface area contributed by atoms with Gasteiger partial charge in [-0.25, -0.2) is 4.98 Å². The summed E-state index contributed by atoms with van der Waals surface area (Å²) in [6, 6.07) is 9.01. The van der Waals surface area contributed by atoms with Crippen LogP contribution in [0.2, 0.25) is 0 Å². The van der Waals surface area contributed by atoms with E-state index < -0.39 is 0 Å². The molecular weight excluding hydrogens is 226 g/mol. The number of hydrogen-bond acceptors (Lipinski definition) is 2. The molecule has 0 spiro atoms. The van der Waals surface area contributed by atoms with Crippen LogP contribution in [0.25, 0.3) is 11.0 Å². The van der Waals surface area contributed by atoms with Gasteiger partial charge in [0.05, 0.1) is 5.69 Å². The smallest absolute Gasteiger partial charge is 0.249 e. The molecule has 2 N–H and O–H groups in total. The summed E-state index contributed by atoms with van der Waals surface area (Å²) in [5.74, 6) is 5.91. The SMILES string of the molecule is O=c1cc(C#Cc2cc3cccnc3[nH]2)cc[nH]1. The topological polar surface area (TPSA) is 61.5 Å². The van der Waals surface area contributed by atoms with Crippen LogP contribution in [0.3, 0.4) is 0 Å². The molecular formula is C14H9N3O. The Balaban J connectivity index is 2.00. The molecule has 18 heavy (non-hydrogen) atoms. The largest absolute Gasteiger partial charge is 0.333 e. The zero-order valence-electron chi connectivity index (χ0n) is 9.40. The van der Waals surface area contributed by atoms with Crippen molar-refractivity contribution in [3.05, 3.63) is 64.3 Å². The van der Waals surface area contributed by atoms with E-state index in [-0.39, 0.29) is 5.56 Å². The van der Waals surface area contributed by atoms with Crippen LogP contribution in [0.15, 0.2) is 47.5 Å². The highest BCUT2D eigenvalue weighted by Gasteiger charge is 1.97. The number of H-pyrrole nitrogens is 2. The van der Waals surface area contributed by atoms with Crippen LogP contribution in [0.5, 0.6) is 0 Å². The minimum atomic E-state index is -0.153. The van der Waals surface area contributed by atoms with Gasteiger partial charge in [0.2, 0.25) is 5.56 Å². The maximum absolute atomic E-state index is 11.1. The van der Waals surface area contributed by atoms with Gasteiger partial charge in [-0.05, 0) is 30.2 Å². The molecule has 0 amide bonds. The van der Waals surface area contributed by atoms with E-state index in [9.17, 15) is 4.79 Å². The highest BCUT2D eigenvalue weighted by Crippen LogP contribution is 2.11. The second-order valence-corrected chi connectivity index (χ2v) is 3.82. The van der Waals surface area contributed by atoms with Gasteiger partial charge in [0.15, 0.2) is 0 Å². The lowest BCUT2D eigenvalue weighted by Crippen LogP contribution is -2.02. The lowest BCUT2D eigenvalue weighted by molar-refractivity contribution is 1.23. The molecule has 86 valence electrons. The molecule has 0 saturated carbocycles. The van der Waals surface area contributed by atoms with Gasteiger partial charge >= 0.3 is 0 Å². The van der Waals surface area contributed by atoms with Crippen LogP contribution in [-0.2, 0) is 0 Å². The van der Waals surface area contributed by atoms with Crippen LogP contribution in [0.4, 0.5) is 0 Å². The number of rotatable bonds is 0. The van der Waals surface area contributed by atoms with E-state index in [1.165, 1.54) is 6.07 Å². The first-order valence-corrected chi connectivity index (χ1v) is 5.46. The highest BCUT2D eigenvalue weighted by atomic mass is 16.1. The Labute approximate surface area is 103 Å². The quantitative estimate of drug-likeness (QED) is 0.582. The normalized spacial score (nSPS) is 10.0. The minimum absolute atomic E-state index is 0.153. The van der Waals surface area contributed by atoms with Crippen molar-refractivity contribution in [3.63, 3.8) is 0 Å². The molecule has 0 bridgehead atoms. The van der Waals surface area contributed by atoms with E-state index in [1.807, 2.05) is 18.2 Å². The summed E-state index contributed by atoms with van der Waals surface area (Å²) in [7, 11) is 0. The monoisotopic (exact) mass is 235 g/mol. The van der Waals surface area contributed by atoms with E-state index in [2.05, 4.69) is 26.8 Å². The van der Waals surface area contributed by atoms with Crippen molar-refractivity contribution < 1.29 is 0 Å². The first-order chi connectivity index (χ1) is 8.81. The van der Waals surface area contributed by atoms with E-state index in [0.29, 0.717) is 5.56 Å². The van der Waals surface area contributed by atoms with Gasteiger partial charge in [-0.1, -0.05) is 5.92 Å². The lowest BCUT2D eigenvalue weighted by atomic mass is 10.2. The van der Waals surface area contributed by atoms with Gasteiger partial charge in [-0.15, -0.1) is 0 Å². The van der Waals surface area contributed by atoms with Crippen LogP contribution in [0.1, 0.15) is 11.3 Å². The fourth-order valence-electron chi connectivity index (χ4n) is 1.69. The molecule has 0 atom stereocenters. The third-order valence-corrected chi connectivity index (χ3v) is 2.51. The van der Waals surface area contributed by atoms with Crippen molar-refractivity contribution in [1.82, 2.24) is 15.0 Å². The number of nitrogens with zero attached hydrogens (tertiary/aromatic N) is 1. The van der Waals surface area contributed by atoms with Crippen molar-refractivity contribution in [2.45, 2.75) is 0 Å². The fourth-order valence-corrected chi connectivity index (χ4v) is 1.69. The number of pyridine rings is 2. The summed E-state index contributed by atoms with van der Waals surface area (Å²) in [6.45, 7) is 0. The average Bonchev–Trinajstić information content (AvgIpc) is 2.79. The van der Waals surface area contributed by atoms with Crippen molar-refractivity contribution in [2.24, 2.45) is 0 Å².